The Morgan fingerprint density at radius 2 is 1.85 bits per heavy atom. The molecule has 1 aliphatic heterocycles. The molecule has 0 aliphatic carbocycles. The number of benzene rings is 1. The van der Waals surface area contributed by atoms with Crippen LogP contribution < -0.4 is 11.1 Å². The Morgan fingerprint density at radius 3 is 2.40 bits per heavy atom. The van der Waals surface area contributed by atoms with E-state index in [2.05, 4.69) is 5.32 Å². The van der Waals surface area contributed by atoms with Crippen LogP contribution in [0.4, 0.5) is 5.69 Å². The highest BCUT2D eigenvalue weighted by Gasteiger charge is 2.19. The first-order chi connectivity index (χ1) is 9.61. The van der Waals surface area contributed by atoms with Crippen LogP contribution in [0.15, 0.2) is 24.3 Å². The number of hydrogen-bond acceptors (Lipinski definition) is 3. The van der Waals surface area contributed by atoms with Crippen LogP contribution in [0.2, 0.25) is 0 Å². The summed E-state index contributed by atoms with van der Waals surface area (Å²) in [5, 5.41) is 2.78. The van der Waals surface area contributed by atoms with Crippen molar-refractivity contribution in [1.82, 2.24) is 4.90 Å². The standard InChI is InChI=1S/C15H21N3O2/c1-11(10-16)14(19)17-13-6-4-12(5-7-13)15(20)18-8-2-3-9-18/h4-7,11H,2-3,8-10,16H2,1H3,(H,17,19). The van der Waals surface area contributed by atoms with E-state index in [0.717, 1.165) is 25.9 Å². The van der Waals surface area contributed by atoms with Crippen molar-refractivity contribution in [2.45, 2.75) is 19.8 Å². The van der Waals surface area contributed by atoms with Crippen molar-refractivity contribution in [3.05, 3.63) is 29.8 Å². The summed E-state index contributed by atoms with van der Waals surface area (Å²) in [6.07, 6.45) is 2.16. The van der Waals surface area contributed by atoms with Gasteiger partial charge in [0.15, 0.2) is 0 Å². The Morgan fingerprint density at radius 1 is 1.25 bits per heavy atom. The van der Waals surface area contributed by atoms with E-state index >= 15 is 0 Å². The van der Waals surface area contributed by atoms with Gasteiger partial charge in [0.2, 0.25) is 5.91 Å². The molecule has 2 amide bonds. The molecular formula is C15H21N3O2. The fourth-order valence-corrected chi connectivity index (χ4v) is 2.17. The van der Waals surface area contributed by atoms with Gasteiger partial charge in [-0.25, -0.2) is 0 Å². The van der Waals surface area contributed by atoms with Gasteiger partial charge in [-0.05, 0) is 37.1 Å². The summed E-state index contributed by atoms with van der Waals surface area (Å²) in [6, 6.07) is 7.02. The fraction of sp³-hybridized carbons (Fsp3) is 0.467. The maximum Gasteiger partial charge on any atom is 0.253 e. The van der Waals surface area contributed by atoms with Crippen LogP contribution in [0.25, 0.3) is 0 Å². The second-order valence-corrected chi connectivity index (χ2v) is 5.20. The molecule has 1 saturated heterocycles. The Labute approximate surface area is 119 Å². The van der Waals surface area contributed by atoms with E-state index in [1.807, 2.05) is 4.90 Å². The predicted octanol–water partition coefficient (Wildman–Crippen LogP) is 1.46. The largest absolute Gasteiger partial charge is 0.339 e. The van der Waals surface area contributed by atoms with Crippen LogP contribution in [0, 0.1) is 5.92 Å². The quantitative estimate of drug-likeness (QED) is 0.873. The zero-order chi connectivity index (χ0) is 14.5. The number of carbonyl (C=O) groups is 2. The summed E-state index contributed by atoms with van der Waals surface area (Å²) in [6.45, 7) is 3.77. The molecule has 108 valence electrons. The number of nitrogens with zero attached hydrogens (tertiary/aromatic N) is 1. The first kappa shape index (κ1) is 14.5. The van der Waals surface area contributed by atoms with Gasteiger partial charge < -0.3 is 16.0 Å². The summed E-state index contributed by atoms with van der Waals surface area (Å²) in [4.78, 5) is 25.7. The van der Waals surface area contributed by atoms with Crippen molar-refractivity contribution in [3.8, 4) is 0 Å². The normalized spacial score (nSPS) is 16.0. The van der Waals surface area contributed by atoms with Crippen molar-refractivity contribution in [1.29, 1.82) is 0 Å². The van der Waals surface area contributed by atoms with E-state index in [0.29, 0.717) is 17.8 Å². The molecule has 1 fully saturated rings. The van der Waals surface area contributed by atoms with Gasteiger partial charge in [-0.2, -0.15) is 0 Å². The number of nitrogens with one attached hydrogen (secondary N) is 1. The van der Waals surface area contributed by atoms with Crippen molar-refractivity contribution in [2.24, 2.45) is 11.7 Å². The van der Waals surface area contributed by atoms with Gasteiger partial charge in [-0.1, -0.05) is 6.92 Å². The Bertz CT molecular complexity index is 478. The van der Waals surface area contributed by atoms with E-state index in [4.69, 9.17) is 5.73 Å². The molecule has 0 spiro atoms. The smallest absolute Gasteiger partial charge is 0.253 e. The molecule has 1 aromatic carbocycles. The molecule has 0 saturated carbocycles. The molecule has 2 rings (SSSR count). The molecule has 1 aliphatic rings. The monoisotopic (exact) mass is 275 g/mol. The first-order valence-corrected chi connectivity index (χ1v) is 7.02. The molecule has 1 unspecified atom stereocenters. The van der Waals surface area contributed by atoms with Crippen molar-refractivity contribution >= 4 is 17.5 Å². The average molecular weight is 275 g/mol. The second-order valence-electron chi connectivity index (χ2n) is 5.20. The third-order valence-electron chi connectivity index (χ3n) is 3.59. The summed E-state index contributed by atoms with van der Waals surface area (Å²) in [5.74, 6) is -0.261. The molecule has 1 aromatic rings. The van der Waals surface area contributed by atoms with Gasteiger partial charge in [0, 0.05) is 36.8 Å². The highest BCUT2D eigenvalue weighted by atomic mass is 16.2. The topological polar surface area (TPSA) is 75.4 Å². The Balaban J connectivity index is 1.99. The van der Waals surface area contributed by atoms with E-state index in [9.17, 15) is 9.59 Å². The Hall–Kier alpha value is -1.88. The average Bonchev–Trinajstić information content (AvgIpc) is 3.00. The number of carbonyl (C=O) groups excluding carboxylic acids is 2. The minimum absolute atomic E-state index is 0.0655. The van der Waals surface area contributed by atoms with Gasteiger partial charge in [0.1, 0.15) is 0 Å². The SMILES string of the molecule is CC(CN)C(=O)Nc1ccc(C(=O)N2CCCC2)cc1. The molecule has 1 heterocycles. The summed E-state index contributed by atoms with van der Waals surface area (Å²) in [7, 11) is 0. The van der Waals surface area contributed by atoms with E-state index < -0.39 is 0 Å². The maximum atomic E-state index is 12.2. The van der Waals surface area contributed by atoms with Crippen LogP contribution in [-0.4, -0.2) is 36.3 Å². The molecule has 3 N–H and O–H groups in total. The summed E-state index contributed by atoms with van der Waals surface area (Å²) >= 11 is 0. The van der Waals surface area contributed by atoms with Gasteiger partial charge >= 0.3 is 0 Å². The molecular weight excluding hydrogens is 254 g/mol. The highest BCUT2D eigenvalue weighted by Crippen LogP contribution is 2.15. The number of anilines is 1. The van der Waals surface area contributed by atoms with E-state index in [-0.39, 0.29) is 17.7 Å². The third kappa shape index (κ3) is 3.36. The molecule has 20 heavy (non-hydrogen) atoms. The molecule has 0 bridgehead atoms. The molecule has 0 aromatic heterocycles. The van der Waals surface area contributed by atoms with Gasteiger partial charge in [-0.3, -0.25) is 9.59 Å². The maximum absolute atomic E-state index is 12.2. The lowest BCUT2D eigenvalue weighted by Crippen LogP contribution is -2.28. The van der Waals surface area contributed by atoms with Crippen LogP contribution in [0.5, 0.6) is 0 Å². The molecule has 5 heteroatoms. The molecule has 1 atom stereocenters. The minimum atomic E-state index is -0.221. The van der Waals surface area contributed by atoms with Crippen LogP contribution in [0.3, 0.4) is 0 Å². The lowest BCUT2D eigenvalue weighted by Gasteiger charge is -2.15. The summed E-state index contributed by atoms with van der Waals surface area (Å²) < 4.78 is 0. The van der Waals surface area contributed by atoms with Crippen LogP contribution >= 0.6 is 0 Å². The van der Waals surface area contributed by atoms with Gasteiger partial charge in [0.25, 0.3) is 5.91 Å². The minimum Gasteiger partial charge on any atom is -0.339 e. The molecule has 0 radical (unpaired) electrons. The number of rotatable bonds is 4. The number of amides is 2. The second kappa shape index (κ2) is 6.52. The number of nitrogens with two attached hydrogens (primary N) is 1. The van der Waals surface area contributed by atoms with Crippen LogP contribution in [-0.2, 0) is 4.79 Å². The van der Waals surface area contributed by atoms with Gasteiger partial charge in [-0.15, -0.1) is 0 Å². The first-order valence-electron chi connectivity index (χ1n) is 7.02. The fourth-order valence-electron chi connectivity index (χ4n) is 2.17. The summed E-state index contributed by atoms with van der Waals surface area (Å²) in [5.41, 5.74) is 6.80. The van der Waals surface area contributed by atoms with Crippen molar-refractivity contribution < 1.29 is 9.59 Å². The van der Waals surface area contributed by atoms with Gasteiger partial charge in [0.05, 0.1) is 0 Å². The van der Waals surface area contributed by atoms with Crippen molar-refractivity contribution in [2.75, 3.05) is 25.0 Å². The third-order valence-corrected chi connectivity index (χ3v) is 3.59. The van der Waals surface area contributed by atoms with E-state index in [1.54, 1.807) is 31.2 Å². The zero-order valence-electron chi connectivity index (χ0n) is 11.8. The lowest BCUT2D eigenvalue weighted by molar-refractivity contribution is -0.119. The van der Waals surface area contributed by atoms with Crippen LogP contribution in [0.1, 0.15) is 30.1 Å². The molecule has 5 nitrogen and oxygen atoms in total. The zero-order valence-corrected chi connectivity index (χ0v) is 11.8. The predicted molar refractivity (Wildman–Crippen MR) is 78.4 cm³/mol. The van der Waals surface area contributed by atoms with Crippen molar-refractivity contribution in [3.63, 3.8) is 0 Å². The van der Waals surface area contributed by atoms with E-state index in [1.165, 1.54) is 0 Å². The number of hydrogen-bond donors (Lipinski definition) is 2. The lowest BCUT2D eigenvalue weighted by atomic mass is 10.1. The highest BCUT2D eigenvalue weighted by molar-refractivity contribution is 5.96. The number of likely N-dealkylation sites (tertiary alicyclic amines) is 1. The Kier molecular flexibility index (Phi) is 4.74.